The molecule has 0 aliphatic heterocycles. The summed E-state index contributed by atoms with van der Waals surface area (Å²) in [7, 11) is 0. The minimum Gasteiger partial charge on any atom is -0.391 e. The molecule has 0 amide bonds. The summed E-state index contributed by atoms with van der Waals surface area (Å²) in [5, 5.41) is 28.8. The zero-order valence-corrected chi connectivity index (χ0v) is 23.6. The molecule has 49 heavy (non-hydrogen) atoms. The average Bonchev–Trinajstić information content (AvgIpc) is 2.91. The lowest BCUT2D eigenvalue weighted by molar-refractivity contribution is -0.944. The number of aliphatic hydroxyl groups is 3. The molecule has 1 rings (SSSR count). The van der Waals surface area contributed by atoms with Gasteiger partial charge in [0.25, 0.3) is 0 Å². The van der Waals surface area contributed by atoms with E-state index in [0.29, 0.717) is 0 Å². The van der Waals surface area contributed by atoms with E-state index < -0.39 is 116 Å². The third-order valence-electron chi connectivity index (χ3n) is 7.18. The van der Waals surface area contributed by atoms with Gasteiger partial charge in [-0.3, -0.25) is 0 Å². The van der Waals surface area contributed by atoms with Crippen molar-refractivity contribution in [2.45, 2.75) is 78.5 Å². The monoisotopic (exact) mass is 772 g/mol. The second kappa shape index (κ2) is 13.6. The van der Waals surface area contributed by atoms with Crippen LogP contribution in [0.15, 0.2) is 30.3 Å². The fourth-order valence-corrected chi connectivity index (χ4v) is 4.44. The van der Waals surface area contributed by atoms with E-state index in [1.807, 2.05) is 0 Å². The van der Waals surface area contributed by atoms with Crippen LogP contribution in [0.2, 0.25) is 0 Å². The molecule has 0 spiro atoms. The van der Waals surface area contributed by atoms with Crippen LogP contribution in [0.5, 0.6) is 0 Å². The third-order valence-corrected chi connectivity index (χ3v) is 7.18. The van der Waals surface area contributed by atoms with Gasteiger partial charge in [0.2, 0.25) is 0 Å². The van der Waals surface area contributed by atoms with Crippen LogP contribution in [0.3, 0.4) is 0 Å². The van der Waals surface area contributed by atoms with Crippen LogP contribution in [0.25, 0.3) is 0 Å². The van der Waals surface area contributed by atoms with Gasteiger partial charge in [-0.05, 0) is 0 Å². The molecule has 4 nitrogen and oxygen atoms in total. The SMILES string of the molecule is OCC[N+](CCO)(Cc1ccccc1)CC(O)CC(F)(F)C(F)(F)C(F)(F)C(F)(F)C(F)(F)C(F)(F)C(F)(F)C(F)(F)C(F)(F)C(F)(F)F. The molecule has 1 unspecified atom stereocenters. The van der Waals surface area contributed by atoms with Crippen LogP contribution in [-0.2, 0) is 6.54 Å². The largest absolute Gasteiger partial charge is 0.460 e. The summed E-state index contributed by atoms with van der Waals surface area (Å²) in [6, 6.07) is 6.81. The molecule has 25 heteroatoms. The van der Waals surface area contributed by atoms with Crippen molar-refractivity contribution >= 4 is 0 Å². The maximum atomic E-state index is 14.5. The van der Waals surface area contributed by atoms with Crippen molar-refractivity contribution in [1.29, 1.82) is 0 Å². The number of hydrogen-bond donors (Lipinski definition) is 3. The van der Waals surface area contributed by atoms with Gasteiger partial charge >= 0.3 is 59.5 Å². The van der Waals surface area contributed by atoms with Crippen molar-refractivity contribution in [2.75, 3.05) is 32.8 Å². The first kappa shape index (κ1) is 44.6. The number of benzene rings is 1. The van der Waals surface area contributed by atoms with Crippen LogP contribution in [0, 0.1) is 0 Å². The van der Waals surface area contributed by atoms with Crippen molar-refractivity contribution in [3.63, 3.8) is 0 Å². The minimum absolute atomic E-state index is 0.221. The Morgan fingerprint density at radius 1 is 0.490 bits per heavy atom. The summed E-state index contributed by atoms with van der Waals surface area (Å²) in [6.45, 7) is -4.96. The van der Waals surface area contributed by atoms with Crippen LogP contribution in [0.1, 0.15) is 12.0 Å². The van der Waals surface area contributed by atoms with Crippen LogP contribution < -0.4 is 0 Å². The van der Waals surface area contributed by atoms with Crippen molar-refractivity contribution in [1.82, 2.24) is 0 Å². The lowest BCUT2D eigenvalue weighted by Crippen LogP contribution is -2.77. The van der Waals surface area contributed by atoms with Crippen molar-refractivity contribution < 1.29 is 112 Å². The summed E-state index contributed by atoms with van der Waals surface area (Å²) in [5.41, 5.74) is 0.221. The second-order valence-corrected chi connectivity index (χ2v) is 10.7. The second-order valence-electron chi connectivity index (χ2n) is 10.7. The number of halogens is 21. The summed E-state index contributed by atoms with van der Waals surface area (Å²) in [5.74, 6) is -78.1. The summed E-state index contributed by atoms with van der Waals surface area (Å²) >= 11 is 0. The van der Waals surface area contributed by atoms with E-state index in [1.54, 1.807) is 0 Å². The molecule has 0 saturated carbocycles. The minimum atomic E-state index is -9.26. The smallest absolute Gasteiger partial charge is 0.391 e. The van der Waals surface area contributed by atoms with E-state index in [-0.39, 0.29) is 5.56 Å². The molecule has 0 aliphatic rings. The van der Waals surface area contributed by atoms with Crippen molar-refractivity contribution in [3.8, 4) is 0 Å². The number of hydrogen-bond acceptors (Lipinski definition) is 3. The van der Waals surface area contributed by atoms with E-state index in [1.165, 1.54) is 30.3 Å². The first-order valence-corrected chi connectivity index (χ1v) is 12.8. The Bertz CT molecular complexity index is 1230. The molecule has 0 aromatic heterocycles. The first-order valence-electron chi connectivity index (χ1n) is 12.8. The van der Waals surface area contributed by atoms with Gasteiger partial charge in [0.1, 0.15) is 32.3 Å². The molecule has 3 N–H and O–H groups in total. The highest BCUT2D eigenvalue weighted by molar-refractivity contribution is 5.18. The lowest BCUT2D eigenvalue weighted by atomic mass is 9.85. The molecule has 0 aliphatic carbocycles. The molecule has 0 radical (unpaired) electrons. The Morgan fingerprint density at radius 3 is 1.14 bits per heavy atom. The highest BCUT2D eigenvalue weighted by atomic mass is 19.4. The van der Waals surface area contributed by atoms with Gasteiger partial charge in [0.05, 0.1) is 13.2 Å². The fraction of sp³-hybridized carbons (Fsp3) is 0.750. The first-order chi connectivity index (χ1) is 21.6. The molecule has 0 saturated heterocycles. The fourth-order valence-electron chi connectivity index (χ4n) is 4.44. The molecule has 0 bridgehead atoms. The molecule has 1 aromatic carbocycles. The topological polar surface area (TPSA) is 60.7 Å². The van der Waals surface area contributed by atoms with Crippen LogP contribution in [0.4, 0.5) is 92.2 Å². The highest BCUT2D eigenvalue weighted by Crippen LogP contribution is 2.66. The average molecular weight is 772 g/mol. The van der Waals surface area contributed by atoms with Gasteiger partial charge in [0.15, 0.2) is 0 Å². The molecule has 288 valence electrons. The van der Waals surface area contributed by atoms with Gasteiger partial charge in [-0.15, -0.1) is 0 Å². The maximum Gasteiger partial charge on any atom is 0.460 e. The van der Waals surface area contributed by atoms with Crippen molar-refractivity contribution in [3.05, 3.63) is 35.9 Å². The number of rotatable bonds is 18. The predicted molar refractivity (Wildman–Crippen MR) is 120 cm³/mol. The number of quaternary nitrogens is 1. The van der Waals surface area contributed by atoms with E-state index >= 15 is 0 Å². The Morgan fingerprint density at radius 2 is 0.816 bits per heavy atom. The third kappa shape index (κ3) is 7.21. The molecule has 0 heterocycles. The molecular weight excluding hydrogens is 749 g/mol. The number of alkyl halides is 21. The zero-order chi connectivity index (χ0) is 39.1. The number of aliphatic hydroxyl groups excluding tert-OH is 3. The van der Waals surface area contributed by atoms with Gasteiger partial charge in [-0.2, -0.15) is 92.2 Å². The molecule has 1 aromatic rings. The summed E-state index contributed by atoms with van der Waals surface area (Å²) < 4.78 is 285. The summed E-state index contributed by atoms with van der Waals surface area (Å²) in [6.07, 6.45) is -14.4. The van der Waals surface area contributed by atoms with E-state index in [2.05, 4.69) is 0 Å². The Balaban J connectivity index is 3.62. The molecule has 0 fully saturated rings. The van der Waals surface area contributed by atoms with Gasteiger partial charge in [0, 0.05) is 12.0 Å². The number of nitrogens with zero attached hydrogens (tertiary/aromatic N) is 1. The Labute approximate surface area is 260 Å². The Kier molecular flexibility index (Phi) is 12.4. The molecular formula is C24H23F21NO3+. The highest BCUT2D eigenvalue weighted by Gasteiger charge is 2.97. The molecule has 1 atom stereocenters. The lowest BCUT2D eigenvalue weighted by Gasteiger charge is -2.45. The standard InChI is InChI=1S/C24H23F21NO3/c25-15(26,10-14(49)12-46(6-8-47,7-9-48)11-13-4-2-1-3-5-13)16(27,28)17(29,30)18(31,32)19(33,34)20(35,36)21(37,38)22(39,40)23(41,42)24(43,44)45/h1-5,14,47-49H,6-12H2/q+1. The van der Waals surface area contributed by atoms with Crippen LogP contribution in [-0.4, -0.2) is 118 Å². The van der Waals surface area contributed by atoms with Gasteiger partial charge < -0.3 is 19.8 Å². The van der Waals surface area contributed by atoms with E-state index in [4.69, 9.17) is 0 Å². The van der Waals surface area contributed by atoms with Crippen molar-refractivity contribution in [2.24, 2.45) is 0 Å². The summed E-state index contributed by atoms with van der Waals surface area (Å²) in [4.78, 5) is 0. The Hall–Kier alpha value is -2.41. The van der Waals surface area contributed by atoms with Gasteiger partial charge in [-0.1, -0.05) is 30.3 Å². The maximum absolute atomic E-state index is 14.5. The van der Waals surface area contributed by atoms with E-state index in [0.717, 1.165) is 0 Å². The normalized spacial score (nSPS) is 16.2. The predicted octanol–water partition coefficient (Wildman–Crippen LogP) is 7.02. The zero-order valence-electron chi connectivity index (χ0n) is 23.6. The quantitative estimate of drug-likeness (QED) is 0.111. The van der Waals surface area contributed by atoms with Gasteiger partial charge in [-0.25, -0.2) is 0 Å². The van der Waals surface area contributed by atoms with E-state index in [9.17, 15) is 108 Å². The van der Waals surface area contributed by atoms with Crippen LogP contribution >= 0.6 is 0 Å².